The summed E-state index contributed by atoms with van der Waals surface area (Å²) in [5.41, 5.74) is 3.05. The molecule has 1 aromatic heterocycles. The maximum Gasteiger partial charge on any atom is 0.226 e. The minimum atomic E-state index is 0.381. The number of hydrogen-bond acceptors (Lipinski definition) is 3. The molecule has 1 aromatic carbocycles. The van der Waals surface area contributed by atoms with Crippen LogP contribution in [-0.2, 0) is 6.54 Å². The van der Waals surface area contributed by atoms with Crippen molar-refractivity contribution >= 4 is 5.96 Å². The standard InChI is InChI=1S/C17H24N4O/c1-5-13(3)20-17(18-4)19-10-15-11-22-16(21-15)14-8-6-12(2)7-9-14/h6-9,11,13H,5,10H2,1-4H3,(H2,18,19,20). The quantitative estimate of drug-likeness (QED) is 0.658. The lowest BCUT2D eigenvalue weighted by Gasteiger charge is -2.15. The Bertz CT molecular complexity index is 616. The number of aryl methyl sites for hydroxylation is 1. The fraction of sp³-hybridized carbons (Fsp3) is 0.412. The van der Waals surface area contributed by atoms with Crippen LogP contribution in [0.2, 0.25) is 0 Å². The minimum absolute atomic E-state index is 0.381. The Hall–Kier alpha value is -2.30. The van der Waals surface area contributed by atoms with Crippen molar-refractivity contribution in [3.63, 3.8) is 0 Å². The van der Waals surface area contributed by atoms with Crippen molar-refractivity contribution < 1.29 is 4.42 Å². The summed E-state index contributed by atoms with van der Waals surface area (Å²) in [6.45, 7) is 6.89. The number of oxazole rings is 1. The molecule has 0 saturated carbocycles. The molecule has 1 atom stereocenters. The van der Waals surface area contributed by atoms with E-state index in [4.69, 9.17) is 4.42 Å². The fourth-order valence-corrected chi connectivity index (χ4v) is 1.92. The van der Waals surface area contributed by atoms with Crippen molar-refractivity contribution in [1.82, 2.24) is 15.6 Å². The first-order chi connectivity index (χ1) is 10.6. The number of hydrogen-bond donors (Lipinski definition) is 2. The number of aliphatic imine (C=N–C) groups is 1. The molecule has 0 bridgehead atoms. The van der Waals surface area contributed by atoms with Crippen LogP contribution in [0.25, 0.3) is 11.5 Å². The molecule has 0 amide bonds. The molecule has 0 spiro atoms. The average Bonchev–Trinajstić information content (AvgIpc) is 3.00. The van der Waals surface area contributed by atoms with Gasteiger partial charge in [-0.3, -0.25) is 4.99 Å². The number of aromatic nitrogens is 1. The Morgan fingerprint density at radius 3 is 2.68 bits per heavy atom. The first-order valence-electron chi connectivity index (χ1n) is 7.61. The van der Waals surface area contributed by atoms with E-state index in [1.54, 1.807) is 13.3 Å². The van der Waals surface area contributed by atoms with Crippen LogP contribution in [-0.4, -0.2) is 24.0 Å². The molecule has 2 N–H and O–H groups in total. The average molecular weight is 300 g/mol. The van der Waals surface area contributed by atoms with E-state index >= 15 is 0 Å². The molecular formula is C17H24N4O. The van der Waals surface area contributed by atoms with Crippen molar-refractivity contribution in [2.45, 2.75) is 39.8 Å². The van der Waals surface area contributed by atoms with Gasteiger partial charge >= 0.3 is 0 Å². The van der Waals surface area contributed by atoms with Gasteiger partial charge in [-0.1, -0.05) is 24.6 Å². The molecule has 5 nitrogen and oxygen atoms in total. The Labute approximate surface area is 131 Å². The lowest BCUT2D eigenvalue weighted by molar-refractivity contribution is 0.571. The van der Waals surface area contributed by atoms with Crippen LogP contribution in [0.5, 0.6) is 0 Å². The first-order valence-corrected chi connectivity index (χ1v) is 7.61. The van der Waals surface area contributed by atoms with Crippen molar-refractivity contribution in [3.8, 4) is 11.5 Å². The summed E-state index contributed by atoms with van der Waals surface area (Å²) >= 11 is 0. The van der Waals surface area contributed by atoms with Gasteiger partial charge in [0.25, 0.3) is 0 Å². The zero-order valence-electron chi connectivity index (χ0n) is 13.7. The second-order valence-corrected chi connectivity index (χ2v) is 5.39. The van der Waals surface area contributed by atoms with E-state index in [2.05, 4.69) is 53.5 Å². The Morgan fingerprint density at radius 1 is 1.32 bits per heavy atom. The summed E-state index contributed by atoms with van der Waals surface area (Å²) in [6, 6.07) is 8.51. The van der Waals surface area contributed by atoms with E-state index in [0.29, 0.717) is 18.5 Å². The molecule has 0 aliphatic carbocycles. The highest BCUT2D eigenvalue weighted by Gasteiger charge is 2.08. The Kier molecular flexibility index (Phi) is 5.58. The molecular weight excluding hydrogens is 276 g/mol. The lowest BCUT2D eigenvalue weighted by atomic mass is 10.1. The summed E-state index contributed by atoms with van der Waals surface area (Å²) in [5, 5.41) is 6.55. The topological polar surface area (TPSA) is 62.5 Å². The van der Waals surface area contributed by atoms with Crippen molar-refractivity contribution in [1.29, 1.82) is 0 Å². The molecule has 2 rings (SSSR count). The molecule has 0 aliphatic rings. The van der Waals surface area contributed by atoms with Gasteiger partial charge in [0.05, 0.1) is 12.2 Å². The third kappa shape index (κ3) is 4.35. The smallest absolute Gasteiger partial charge is 0.226 e. The van der Waals surface area contributed by atoms with Crippen LogP contribution >= 0.6 is 0 Å². The fourth-order valence-electron chi connectivity index (χ4n) is 1.92. The maximum atomic E-state index is 5.55. The Balaban J connectivity index is 1.96. The van der Waals surface area contributed by atoms with Gasteiger partial charge in [-0.15, -0.1) is 0 Å². The van der Waals surface area contributed by atoms with E-state index in [-0.39, 0.29) is 0 Å². The summed E-state index contributed by atoms with van der Waals surface area (Å²) in [7, 11) is 1.76. The largest absolute Gasteiger partial charge is 0.444 e. The Morgan fingerprint density at radius 2 is 2.05 bits per heavy atom. The lowest BCUT2D eigenvalue weighted by Crippen LogP contribution is -2.41. The highest BCUT2D eigenvalue weighted by molar-refractivity contribution is 5.79. The summed E-state index contributed by atoms with van der Waals surface area (Å²) in [5.74, 6) is 1.41. The molecule has 2 aromatic rings. The maximum absolute atomic E-state index is 5.55. The second kappa shape index (κ2) is 7.64. The monoisotopic (exact) mass is 300 g/mol. The predicted molar refractivity (Wildman–Crippen MR) is 89.8 cm³/mol. The zero-order chi connectivity index (χ0) is 15.9. The van der Waals surface area contributed by atoms with Crippen molar-refractivity contribution in [2.24, 2.45) is 4.99 Å². The van der Waals surface area contributed by atoms with E-state index in [1.165, 1.54) is 5.56 Å². The first kappa shape index (κ1) is 16.1. The van der Waals surface area contributed by atoms with Crippen molar-refractivity contribution in [2.75, 3.05) is 7.05 Å². The van der Waals surface area contributed by atoms with Crippen LogP contribution in [0.4, 0.5) is 0 Å². The zero-order valence-corrected chi connectivity index (χ0v) is 13.7. The van der Waals surface area contributed by atoms with Crippen LogP contribution < -0.4 is 10.6 Å². The van der Waals surface area contributed by atoms with Crippen LogP contribution in [0, 0.1) is 6.92 Å². The normalized spacial score (nSPS) is 13.0. The molecule has 22 heavy (non-hydrogen) atoms. The van der Waals surface area contributed by atoms with E-state index in [9.17, 15) is 0 Å². The summed E-state index contributed by atoms with van der Waals surface area (Å²) in [6.07, 6.45) is 2.72. The van der Waals surface area contributed by atoms with Gasteiger partial charge in [0.15, 0.2) is 5.96 Å². The predicted octanol–water partition coefficient (Wildman–Crippen LogP) is 3.11. The van der Waals surface area contributed by atoms with Gasteiger partial charge in [0.1, 0.15) is 6.26 Å². The third-order valence-electron chi connectivity index (χ3n) is 3.51. The molecule has 5 heteroatoms. The van der Waals surface area contributed by atoms with E-state index in [1.807, 2.05) is 12.1 Å². The minimum Gasteiger partial charge on any atom is -0.444 e. The van der Waals surface area contributed by atoms with E-state index in [0.717, 1.165) is 23.6 Å². The number of rotatable bonds is 5. The molecule has 1 heterocycles. The molecule has 0 radical (unpaired) electrons. The number of benzene rings is 1. The van der Waals surface area contributed by atoms with Gasteiger partial charge in [-0.25, -0.2) is 4.98 Å². The van der Waals surface area contributed by atoms with Crippen molar-refractivity contribution in [3.05, 3.63) is 41.8 Å². The van der Waals surface area contributed by atoms with Crippen LogP contribution in [0.15, 0.2) is 39.9 Å². The SMILES string of the molecule is CCC(C)NC(=NC)NCc1coc(-c2ccc(C)cc2)n1. The van der Waals surface area contributed by atoms with Crippen LogP contribution in [0.1, 0.15) is 31.5 Å². The molecule has 0 aliphatic heterocycles. The van der Waals surface area contributed by atoms with Gasteiger partial charge in [-0.05, 0) is 32.4 Å². The summed E-state index contributed by atoms with van der Waals surface area (Å²) < 4.78 is 5.55. The van der Waals surface area contributed by atoms with Crippen LogP contribution in [0.3, 0.4) is 0 Å². The van der Waals surface area contributed by atoms with Gasteiger partial charge in [-0.2, -0.15) is 0 Å². The number of nitrogens with zero attached hydrogens (tertiary/aromatic N) is 2. The number of guanidine groups is 1. The highest BCUT2D eigenvalue weighted by Crippen LogP contribution is 2.18. The van der Waals surface area contributed by atoms with Gasteiger partial charge in [0.2, 0.25) is 5.89 Å². The second-order valence-electron chi connectivity index (χ2n) is 5.39. The number of nitrogens with one attached hydrogen (secondary N) is 2. The van der Waals surface area contributed by atoms with Gasteiger partial charge < -0.3 is 15.1 Å². The van der Waals surface area contributed by atoms with E-state index < -0.39 is 0 Å². The highest BCUT2D eigenvalue weighted by atomic mass is 16.3. The molecule has 118 valence electrons. The molecule has 0 saturated heterocycles. The van der Waals surface area contributed by atoms with Gasteiger partial charge in [0, 0.05) is 18.7 Å². The molecule has 1 unspecified atom stereocenters. The third-order valence-corrected chi connectivity index (χ3v) is 3.51. The summed E-state index contributed by atoms with van der Waals surface area (Å²) in [4.78, 5) is 8.71. The molecule has 0 fully saturated rings.